The Morgan fingerprint density at radius 2 is 1.95 bits per heavy atom. The van der Waals surface area contributed by atoms with E-state index in [0.29, 0.717) is 12.1 Å². The lowest BCUT2D eigenvalue weighted by Gasteiger charge is -2.14. The van der Waals surface area contributed by atoms with E-state index in [-0.39, 0.29) is 0 Å². The molecule has 0 aliphatic carbocycles. The SMILES string of the molecule is CCC(CC)n1ccc(CN[C@H](C)c2cccc(C)c2)n1. The van der Waals surface area contributed by atoms with Gasteiger partial charge in [-0.2, -0.15) is 5.10 Å². The fraction of sp³-hybridized carbons (Fsp3) is 0.500. The summed E-state index contributed by atoms with van der Waals surface area (Å²) in [4.78, 5) is 0. The highest BCUT2D eigenvalue weighted by Gasteiger charge is 2.09. The smallest absolute Gasteiger partial charge is 0.0762 e. The van der Waals surface area contributed by atoms with Crippen LogP contribution >= 0.6 is 0 Å². The molecule has 1 heterocycles. The van der Waals surface area contributed by atoms with Gasteiger partial charge in [-0.3, -0.25) is 4.68 Å². The lowest BCUT2D eigenvalue weighted by molar-refractivity contribution is 0.423. The van der Waals surface area contributed by atoms with Crippen LogP contribution in [0.25, 0.3) is 0 Å². The predicted molar refractivity (Wildman–Crippen MR) is 88.3 cm³/mol. The molecule has 21 heavy (non-hydrogen) atoms. The van der Waals surface area contributed by atoms with Gasteiger partial charge in [0, 0.05) is 18.8 Å². The predicted octanol–water partition coefficient (Wildman–Crippen LogP) is 4.40. The first-order chi connectivity index (χ1) is 10.1. The molecule has 2 aromatic rings. The molecule has 0 fully saturated rings. The standard InChI is InChI=1S/C18H27N3/c1-5-18(6-2)21-11-10-17(20-21)13-19-15(4)16-9-7-8-14(3)12-16/h7-12,15,18-19H,5-6,13H2,1-4H3/t15-/m1/s1. The number of aromatic nitrogens is 2. The highest BCUT2D eigenvalue weighted by molar-refractivity contribution is 5.24. The van der Waals surface area contributed by atoms with Crippen LogP contribution in [0.15, 0.2) is 36.5 Å². The van der Waals surface area contributed by atoms with Crippen LogP contribution in [0.3, 0.4) is 0 Å². The zero-order chi connectivity index (χ0) is 15.2. The van der Waals surface area contributed by atoms with E-state index in [9.17, 15) is 0 Å². The Morgan fingerprint density at radius 3 is 2.62 bits per heavy atom. The van der Waals surface area contributed by atoms with Crippen molar-refractivity contribution in [3.63, 3.8) is 0 Å². The molecule has 1 N–H and O–H groups in total. The molecular formula is C18H27N3. The Morgan fingerprint density at radius 1 is 1.19 bits per heavy atom. The van der Waals surface area contributed by atoms with Crippen LogP contribution in [-0.2, 0) is 6.54 Å². The topological polar surface area (TPSA) is 29.9 Å². The van der Waals surface area contributed by atoms with E-state index in [2.05, 4.69) is 79.3 Å². The number of nitrogens with one attached hydrogen (secondary N) is 1. The third-order valence-corrected chi connectivity index (χ3v) is 4.11. The van der Waals surface area contributed by atoms with Gasteiger partial charge < -0.3 is 5.32 Å². The van der Waals surface area contributed by atoms with Crippen molar-refractivity contribution in [1.29, 1.82) is 0 Å². The maximum absolute atomic E-state index is 4.69. The highest BCUT2D eigenvalue weighted by Crippen LogP contribution is 2.16. The lowest BCUT2D eigenvalue weighted by atomic mass is 10.1. The first-order valence-electron chi connectivity index (χ1n) is 7.98. The van der Waals surface area contributed by atoms with Crippen molar-refractivity contribution < 1.29 is 0 Å². The van der Waals surface area contributed by atoms with Gasteiger partial charge >= 0.3 is 0 Å². The van der Waals surface area contributed by atoms with Crippen LogP contribution in [-0.4, -0.2) is 9.78 Å². The molecule has 0 saturated heterocycles. The molecule has 0 spiro atoms. The van der Waals surface area contributed by atoms with E-state index >= 15 is 0 Å². The van der Waals surface area contributed by atoms with Crippen LogP contribution in [0.4, 0.5) is 0 Å². The number of aryl methyl sites for hydroxylation is 1. The molecule has 3 heteroatoms. The number of rotatable bonds is 7. The van der Waals surface area contributed by atoms with Crippen LogP contribution in [0.5, 0.6) is 0 Å². The summed E-state index contributed by atoms with van der Waals surface area (Å²) in [7, 11) is 0. The van der Waals surface area contributed by atoms with E-state index < -0.39 is 0 Å². The van der Waals surface area contributed by atoms with Gasteiger partial charge in [0.05, 0.1) is 11.7 Å². The molecular weight excluding hydrogens is 258 g/mol. The minimum atomic E-state index is 0.336. The monoisotopic (exact) mass is 285 g/mol. The molecule has 0 aliphatic rings. The van der Waals surface area contributed by atoms with Gasteiger partial charge in [-0.05, 0) is 38.3 Å². The van der Waals surface area contributed by atoms with Crippen LogP contribution < -0.4 is 5.32 Å². The lowest BCUT2D eigenvalue weighted by Crippen LogP contribution is -2.19. The summed E-state index contributed by atoms with van der Waals surface area (Å²) in [5.74, 6) is 0. The summed E-state index contributed by atoms with van der Waals surface area (Å²) in [5, 5.41) is 8.24. The average Bonchev–Trinajstić information content (AvgIpc) is 2.95. The van der Waals surface area contributed by atoms with Gasteiger partial charge in [0.15, 0.2) is 0 Å². The van der Waals surface area contributed by atoms with Crippen LogP contribution in [0.2, 0.25) is 0 Å². The molecule has 1 aromatic carbocycles. The Kier molecular flexibility index (Phi) is 5.57. The van der Waals surface area contributed by atoms with Crippen molar-refractivity contribution in [2.45, 2.75) is 59.2 Å². The molecule has 114 valence electrons. The zero-order valence-electron chi connectivity index (χ0n) is 13.6. The Bertz CT molecular complexity index is 555. The summed E-state index contributed by atoms with van der Waals surface area (Å²) >= 11 is 0. The second-order valence-corrected chi connectivity index (χ2v) is 5.77. The van der Waals surface area contributed by atoms with Gasteiger partial charge in [0.2, 0.25) is 0 Å². The molecule has 1 aromatic heterocycles. The third kappa shape index (κ3) is 4.18. The Balaban J connectivity index is 1.94. The maximum Gasteiger partial charge on any atom is 0.0762 e. The van der Waals surface area contributed by atoms with Gasteiger partial charge in [-0.25, -0.2) is 0 Å². The number of hydrogen-bond acceptors (Lipinski definition) is 2. The van der Waals surface area contributed by atoms with Crippen LogP contribution in [0, 0.1) is 6.92 Å². The summed E-state index contributed by atoms with van der Waals surface area (Å²) in [6.07, 6.45) is 4.36. The summed E-state index contributed by atoms with van der Waals surface area (Å²) in [6, 6.07) is 11.6. The number of hydrogen-bond donors (Lipinski definition) is 1. The van der Waals surface area contributed by atoms with E-state index in [0.717, 1.165) is 25.1 Å². The van der Waals surface area contributed by atoms with Crippen LogP contribution in [0.1, 0.15) is 62.5 Å². The highest BCUT2D eigenvalue weighted by atomic mass is 15.3. The normalized spacial score (nSPS) is 12.8. The van der Waals surface area contributed by atoms with E-state index in [1.54, 1.807) is 0 Å². The largest absolute Gasteiger partial charge is 0.304 e. The minimum Gasteiger partial charge on any atom is -0.304 e. The second-order valence-electron chi connectivity index (χ2n) is 5.77. The van der Waals surface area contributed by atoms with Gasteiger partial charge in [0.25, 0.3) is 0 Å². The quantitative estimate of drug-likeness (QED) is 0.817. The first kappa shape index (κ1) is 15.8. The fourth-order valence-corrected chi connectivity index (χ4v) is 2.65. The van der Waals surface area contributed by atoms with Crippen molar-refractivity contribution in [2.24, 2.45) is 0 Å². The van der Waals surface area contributed by atoms with Gasteiger partial charge in [-0.15, -0.1) is 0 Å². The molecule has 0 amide bonds. The first-order valence-corrected chi connectivity index (χ1v) is 7.98. The van der Waals surface area contributed by atoms with Crippen molar-refractivity contribution in [3.05, 3.63) is 53.3 Å². The van der Waals surface area contributed by atoms with Gasteiger partial charge in [-0.1, -0.05) is 43.7 Å². The van der Waals surface area contributed by atoms with Crippen molar-refractivity contribution >= 4 is 0 Å². The molecule has 0 aliphatic heterocycles. The molecule has 0 unspecified atom stereocenters. The zero-order valence-corrected chi connectivity index (χ0v) is 13.6. The molecule has 2 rings (SSSR count). The minimum absolute atomic E-state index is 0.336. The van der Waals surface area contributed by atoms with Crippen molar-refractivity contribution in [3.8, 4) is 0 Å². The molecule has 0 saturated carbocycles. The number of nitrogens with zero attached hydrogens (tertiary/aromatic N) is 2. The third-order valence-electron chi connectivity index (χ3n) is 4.11. The number of benzene rings is 1. The van der Waals surface area contributed by atoms with Crippen molar-refractivity contribution in [1.82, 2.24) is 15.1 Å². The molecule has 3 nitrogen and oxygen atoms in total. The Hall–Kier alpha value is -1.61. The van der Waals surface area contributed by atoms with Crippen molar-refractivity contribution in [2.75, 3.05) is 0 Å². The second kappa shape index (κ2) is 7.41. The maximum atomic E-state index is 4.69. The van der Waals surface area contributed by atoms with E-state index in [1.165, 1.54) is 11.1 Å². The molecule has 0 radical (unpaired) electrons. The average molecular weight is 285 g/mol. The van der Waals surface area contributed by atoms with Gasteiger partial charge in [0.1, 0.15) is 0 Å². The molecule has 1 atom stereocenters. The Labute approximate surface area is 128 Å². The fourth-order valence-electron chi connectivity index (χ4n) is 2.65. The summed E-state index contributed by atoms with van der Waals surface area (Å²) in [5.41, 5.74) is 3.75. The summed E-state index contributed by atoms with van der Waals surface area (Å²) < 4.78 is 2.11. The summed E-state index contributed by atoms with van der Waals surface area (Å²) in [6.45, 7) is 9.57. The van der Waals surface area contributed by atoms with E-state index in [4.69, 9.17) is 0 Å². The molecule has 0 bridgehead atoms. The van der Waals surface area contributed by atoms with E-state index in [1.807, 2.05) is 0 Å².